The Balaban J connectivity index is 1.93. The summed E-state index contributed by atoms with van der Waals surface area (Å²) in [6.45, 7) is 10.2. The molecule has 27 heavy (non-hydrogen) atoms. The molecule has 0 spiro atoms. The molecule has 3 aromatic rings. The second-order valence-corrected chi connectivity index (χ2v) is 6.98. The fraction of sp³-hybridized carbons (Fsp3) is 0.474. The molecule has 0 aliphatic carbocycles. The van der Waals surface area contributed by atoms with E-state index >= 15 is 0 Å². The van der Waals surface area contributed by atoms with Crippen molar-refractivity contribution >= 4 is 17.0 Å². The van der Waals surface area contributed by atoms with Gasteiger partial charge in [-0.25, -0.2) is 19.4 Å². The first-order valence-electron chi connectivity index (χ1n) is 9.08. The van der Waals surface area contributed by atoms with Crippen molar-refractivity contribution in [2.45, 2.75) is 47.3 Å². The molecule has 0 aliphatic heterocycles. The van der Waals surface area contributed by atoms with Crippen molar-refractivity contribution in [2.24, 2.45) is 5.41 Å². The highest BCUT2D eigenvalue weighted by atomic mass is 16.7. The van der Waals surface area contributed by atoms with Crippen LogP contribution in [0, 0.1) is 5.41 Å². The lowest BCUT2D eigenvalue weighted by atomic mass is 9.91. The Labute approximate surface area is 158 Å². The number of hydrogen-bond donors (Lipinski definition) is 0. The molecule has 8 heteroatoms. The zero-order valence-corrected chi connectivity index (χ0v) is 16.3. The van der Waals surface area contributed by atoms with Crippen molar-refractivity contribution in [3.63, 3.8) is 0 Å². The molecule has 1 unspecified atom stereocenters. The van der Waals surface area contributed by atoms with Crippen LogP contribution in [0.15, 0.2) is 31.0 Å². The van der Waals surface area contributed by atoms with Gasteiger partial charge in [-0.05, 0) is 40.2 Å². The van der Waals surface area contributed by atoms with Crippen molar-refractivity contribution in [1.29, 1.82) is 0 Å². The minimum Gasteiger partial charge on any atom is -0.357 e. The normalized spacial score (nSPS) is 13.1. The van der Waals surface area contributed by atoms with Crippen molar-refractivity contribution < 1.29 is 14.4 Å². The molecule has 3 rings (SSSR count). The second kappa shape index (κ2) is 7.48. The Bertz CT molecular complexity index is 944. The summed E-state index contributed by atoms with van der Waals surface area (Å²) in [6.07, 6.45) is 7.27. The molecule has 0 amide bonds. The highest BCUT2D eigenvalue weighted by molar-refractivity contribution is 5.90. The van der Waals surface area contributed by atoms with Crippen LogP contribution >= 0.6 is 0 Å². The lowest BCUT2D eigenvalue weighted by molar-refractivity contribution is -0.154. The molecule has 3 aromatic heterocycles. The van der Waals surface area contributed by atoms with Gasteiger partial charge in [0.25, 0.3) is 0 Å². The number of hydrogen-bond acceptors (Lipinski definition) is 6. The number of ether oxygens (including phenoxy) is 1. The molecule has 8 nitrogen and oxygen atoms in total. The maximum absolute atomic E-state index is 12.4. The van der Waals surface area contributed by atoms with E-state index < -0.39 is 5.41 Å². The van der Waals surface area contributed by atoms with Gasteiger partial charge in [-0.2, -0.15) is 9.83 Å². The molecule has 0 saturated carbocycles. The van der Waals surface area contributed by atoms with Gasteiger partial charge in [0.1, 0.15) is 12.6 Å². The molecule has 0 radical (unpaired) electrons. The molecular formula is C19H25N5O3. The molecule has 0 saturated heterocycles. The van der Waals surface area contributed by atoms with E-state index in [1.807, 2.05) is 46.9 Å². The summed E-state index contributed by atoms with van der Waals surface area (Å²) in [5.74, 6) is -0.305. The fourth-order valence-corrected chi connectivity index (χ4v) is 2.57. The molecule has 1 atom stereocenters. The van der Waals surface area contributed by atoms with Crippen molar-refractivity contribution in [3.8, 4) is 11.3 Å². The Kier molecular flexibility index (Phi) is 5.27. The first-order chi connectivity index (χ1) is 12.9. The summed E-state index contributed by atoms with van der Waals surface area (Å²) >= 11 is 0. The number of rotatable bonds is 7. The average molecular weight is 371 g/mol. The number of fused-ring (bicyclic) bond motifs is 1. The topological polar surface area (TPSA) is 84.1 Å². The lowest BCUT2D eigenvalue weighted by Crippen LogP contribution is -2.32. The minimum atomic E-state index is -0.566. The predicted molar refractivity (Wildman–Crippen MR) is 101 cm³/mol. The maximum Gasteiger partial charge on any atom is 0.338 e. The van der Waals surface area contributed by atoms with Crippen LogP contribution in [0.3, 0.4) is 0 Å². The van der Waals surface area contributed by atoms with Crippen molar-refractivity contribution in [3.05, 3.63) is 31.0 Å². The molecule has 0 aliphatic rings. The van der Waals surface area contributed by atoms with Gasteiger partial charge in [-0.15, -0.1) is 0 Å². The number of nitrogens with zero attached hydrogens (tertiary/aromatic N) is 5. The van der Waals surface area contributed by atoms with Gasteiger partial charge >= 0.3 is 5.97 Å². The number of carbonyl (C=O) groups is 1. The third kappa shape index (κ3) is 3.71. The van der Waals surface area contributed by atoms with E-state index in [2.05, 4.69) is 15.1 Å². The fourth-order valence-electron chi connectivity index (χ4n) is 2.57. The minimum absolute atomic E-state index is 0.164. The Morgan fingerprint density at radius 1 is 1.30 bits per heavy atom. The summed E-state index contributed by atoms with van der Waals surface area (Å²) < 4.78 is 8.70. The predicted octanol–water partition coefficient (Wildman–Crippen LogP) is 3.24. The van der Waals surface area contributed by atoms with E-state index in [1.165, 1.54) is 11.1 Å². The summed E-state index contributed by atoms with van der Waals surface area (Å²) in [4.78, 5) is 26.6. The zero-order chi connectivity index (χ0) is 19.6. The van der Waals surface area contributed by atoms with Crippen LogP contribution in [0.25, 0.3) is 22.3 Å². The Morgan fingerprint density at radius 3 is 2.78 bits per heavy atom. The molecule has 0 aromatic carbocycles. The monoisotopic (exact) mass is 371 g/mol. The third-order valence-corrected chi connectivity index (χ3v) is 4.72. The van der Waals surface area contributed by atoms with Gasteiger partial charge in [0.2, 0.25) is 0 Å². The average Bonchev–Trinajstić information content (AvgIpc) is 3.29. The van der Waals surface area contributed by atoms with E-state index in [4.69, 9.17) is 9.57 Å². The quantitative estimate of drug-likeness (QED) is 0.634. The highest BCUT2D eigenvalue weighted by Crippen LogP contribution is 2.27. The van der Waals surface area contributed by atoms with Crippen LogP contribution < -0.4 is 4.84 Å². The zero-order valence-electron chi connectivity index (χ0n) is 16.3. The molecule has 0 fully saturated rings. The standard InChI is InChI=1S/C19H25N5O3/c1-6-19(4,5)18(25)27-24-9-8-15-16(20-12-21-17(15)24)14-10-22-23(11-14)13(3)26-7-2/h8-13H,6-7H2,1-5H3. The Hall–Kier alpha value is -2.74. The molecule has 0 bridgehead atoms. The van der Waals surface area contributed by atoms with Crippen LogP contribution in [0.4, 0.5) is 0 Å². The van der Waals surface area contributed by atoms with E-state index in [9.17, 15) is 4.79 Å². The van der Waals surface area contributed by atoms with E-state index in [-0.39, 0.29) is 12.2 Å². The van der Waals surface area contributed by atoms with E-state index in [0.717, 1.165) is 16.6 Å². The van der Waals surface area contributed by atoms with Gasteiger partial charge in [0.15, 0.2) is 5.65 Å². The molecular weight excluding hydrogens is 346 g/mol. The first-order valence-corrected chi connectivity index (χ1v) is 9.08. The number of carbonyl (C=O) groups excluding carboxylic acids is 1. The summed E-state index contributed by atoms with van der Waals surface area (Å²) in [5.41, 5.74) is 1.53. The van der Waals surface area contributed by atoms with Gasteiger partial charge in [-0.1, -0.05) is 6.92 Å². The van der Waals surface area contributed by atoms with Crippen molar-refractivity contribution in [2.75, 3.05) is 6.61 Å². The van der Waals surface area contributed by atoms with Gasteiger partial charge in [0, 0.05) is 30.0 Å². The SMILES string of the molecule is CCOC(C)n1cc(-c2ncnc3c2ccn3OC(=O)C(C)(C)CC)cn1. The van der Waals surface area contributed by atoms with Crippen LogP contribution in [-0.2, 0) is 9.53 Å². The summed E-state index contributed by atoms with van der Waals surface area (Å²) in [6, 6.07) is 1.83. The summed E-state index contributed by atoms with van der Waals surface area (Å²) in [7, 11) is 0. The van der Waals surface area contributed by atoms with Crippen LogP contribution in [0.5, 0.6) is 0 Å². The van der Waals surface area contributed by atoms with Gasteiger partial charge < -0.3 is 9.57 Å². The Morgan fingerprint density at radius 2 is 2.07 bits per heavy atom. The molecule has 144 valence electrons. The van der Waals surface area contributed by atoms with Crippen LogP contribution in [-0.4, -0.2) is 37.1 Å². The summed E-state index contributed by atoms with van der Waals surface area (Å²) in [5, 5.41) is 5.14. The van der Waals surface area contributed by atoms with Gasteiger partial charge in [0.05, 0.1) is 17.3 Å². The lowest BCUT2D eigenvalue weighted by Gasteiger charge is -2.19. The maximum atomic E-state index is 12.4. The third-order valence-electron chi connectivity index (χ3n) is 4.72. The smallest absolute Gasteiger partial charge is 0.338 e. The molecule has 3 heterocycles. The van der Waals surface area contributed by atoms with Gasteiger partial charge in [-0.3, -0.25) is 0 Å². The molecule has 0 N–H and O–H groups in total. The van der Waals surface area contributed by atoms with Crippen LogP contribution in [0.2, 0.25) is 0 Å². The van der Waals surface area contributed by atoms with Crippen LogP contribution in [0.1, 0.15) is 47.3 Å². The number of aromatic nitrogens is 5. The van der Waals surface area contributed by atoms with E-state index in [0.29, 0.717) is 18.7 Å². The second-order valence-electron chi connectivity index (χ2n) is 6.98. The largest absolute Gasteiger partial charge is 0.357 e. The highest BCUT2D eigenvalue weighted by Gasteiger charge is 2.28. The van der Waals surface area contributed by atoms with E-state index in [1.54, 1.807) is 17.1 Å². The van der Waals surface area contributed by atoms with Crippen molar-refractivity contribution in [1.82, 2.24) is 24.5 Å². The first kappa shape index (κ1) is 19.0.